The fraction of sp³-hybridized carbons (Fsp3) is 0.533. The highest BCUT2D eigenvalue weighted by Gasteiger charge is 2.32. The Morgan fingerprint density at radius 3 is 2.95 bits per heavy atom. The van der Waals surface area contributed by atoms with Crippen LogP contribution in [0, 0.1) is 5.82 Å². The van der Waals surface area contributed by atoms with Gasteiger partial charge < -0.3 is 15.0 Å². The summed E-state index contributed by atoms with van der Waals surface area (Å²) in [6, 6.07) is 4.34. The van der Waals surface area contributed by atoms with Gasteiger partial charge in [-0.3, -0.25) is 4.79 Å². The molecule has 0 aromatic heterocycles. The summed E-state index contributed by atoms with van der Waals surface area (Å²) < 4.78 is 19.3. The zero-order valence-corrected chi connectivity index (χ0v) is 13.0. The van der Waals surface area contributed by atoms with Gasteiger partial charge in [0.05, 0.1) is 18.6 Å². The van der Waals surface area contributed by atoms with Crippen molar-refractivity contribution in [3.8, 4) is 0 Å². The molecule has 0 spiro atoms. The summed E-state index contributed by atoms with van der Waals surface area (Å²) in [5.41, 5.74) is 0.232. The normalized spacial score (nSPS) is 22.5. The highest BCUT2D eigenvalue weighted by atomic mass is 35.5. The summed E-state index contributed by atoms with van der Waals surface area (Å²) in [5.74, 6) is -0.699. The van der Waals surface area contributed by atoms with E-state index >= 15 is 0 Å². The monoisotopic (exact) mass is 314 g/mol. The maximum Gasteiger partial charge on any atom is 0.224 e. The number of nitrogens with zero attached hydrogens (tertiary/aromatic N) is 1. The number of likely N-dealkylation sites (N-methyl/N-ethyl adjacent to an activating group) is 1. The van der Waals surface area contributed by atoms with Crippen LogP contribution in [0.4, 0.5) is 4.39 Å². The third-order valence-electron chi connectivity index (χ3n) is 3.57. The lowest BCUT2D eigenvalue weighted by atomic mass is 10.1. The first-order valence-corrected chi connectivity index (χ1v) is 7.41. The van der Waals surface area contributed by atoms with Crippen molar-refractivity contribution in [1.29, 1.82) is 0 Å². The van der Waals surface area contributed by atoms with Crippen LogP contribution in [-0.4, -0.2) is 49.7 Å². The third-order valence-corrected chi connectivity index (χ3v) is 3.93. The number of benzene rings is 1. The van der Waals surface area contributed by atoms with Gasteiger partial charge in [0.2, 0.25) is 5.91 Å². The summed E-state index contributed by atoms with van der Waals surface area (Å²) in [7, 11) is 1.98. The minimum absolute atomic E-state index is 0.0277. The van der Waals surface area contributed by atoms with Crippen molar-refractivity contribution in [2.45, 2.75) is 25.5 Å². The van der Waals surface area contributed by atoms with E-state index in [2.05, 4.69) is 10.2 Å². The van der Waals surface area contributed by atoms with E-state index < -0.39 is 5.82 Å². The van der Waals surface area contributed by atoms with E-state index in [-0.39, 0.29) is 35.1 Å². The van der Waals surface area contributed by atoms with Crippen LogP contribution in [-0.2, 0) is 16.0 Å². The highest BCUT2D eigenvalue weighted by molar-refractivity contribution is 6.31. The number of carbonyl (C=O) groups excluding carboxylic acids is 1. The Balaban J connectivity index is 1.98. The van der Waals surface area contributed by atoms with Crippen molar-refractivity contribution in [3.05, 3.63) is 34.6 Å². The van der Waals surface area contributed by atoms with Crippen LogP contribution in [0.1, 0.15) is 12.5 Å². The fourth-order valence-electron chi connectivity index (χ4n) is 2.60. The summed E-state index contributed by atoms with van der Waals surface area (Å²) >= 11 is 5.94. The summed E-state index contributed by atoms with van der Waals surface area (Å²) in [5, 5.41) is 3.19. The van der Waals surface area contributed by atoms with Crippen LogP contribution >= 0.6 is 11.6 Å². The second kappa shape index (κ2) is 7.20. The molecular formula is C15H20ClFN2O2. The number of amides is 1. The number of ether oxygens (including phenoxy) is 1. The minimum Gasteiger partial charge on any atom is -0.375 e. The molecule has 2 rings (SSSR count). The minimum atomic E-state index is -0.456. The highest BCUT2D eigenvalue weighted by Crippen LogP contribution is 2.20. The van der Waals surface area contributed by atoms with Gasteiger partial charge in [-0.25, -0.2) is 4.39 Å². The van der Waals surface area contributed by atoms with E-state index in [4.69, 9.17) is 16.3 Å². The van der Waals surface area contributed by atoms with Crippen molar-refractivity contribution in [3.63, 3.8) is 0 Å². The van der Waals surface area contributed by atoms with Gasteiger partial charge in [-0.15, -0.1) is 0 Å². The molecule has 1 fully saturated rings. The van der Waals surface area contributed by atoms with Gasteiger partial charge in [0.25, 0.3) is 0 Å². The lowest BCUT2D eigenvalue weighted by molar-refractivity contribution is -0.122. The first-order chi connectivity index (χ1) is 10.0. The van der Waals surface area contributed by atoms with Crippen molar-refractivity contribution in [2.24, 2.45) is 0 Å². The Bertz CT molecular complexity index is 492. The smallest absolute Gasteiger partial charge is 0.224 e. The standard InChI is InChI=1S/C15H20ClFN2O2/c1-3-21-14-9-19(2)8-13(14)18-15(20)7-10-11(16)5-4-6-12(10)17/h4-6,13-14H,3,7-9H2,1-2H3,(H,18,20)/t13-,14-/m0/s1. The van der Waals surface area contributed by atoms with Gasteiger partial charge in [-0.1, -0.05) is 17.7 Å². The van der Waals surface area contributed by atoms with Crippen LogP contribution in [0.5, 0.6) is 0 Å². The molecule has 1 amide bonds. The fourth-order valence-corrected chi connectivity index (χ4v) is 2.83. The summed E-state index contributed by atoms with van der Waals surface area (Å²) in [4.78, 5) is 14.2. The van der Waals surface area contributed by atoms with Gasteiger partial charge >= 0.3 is 0 Å². The molecule has 0 aliphatic carbocycles. The van der Waals surface area contributed by atoms with Crippen LogP contribution in [0.25, 0.3) is 0 Å². The third kappa shape index (κ3) is 4.15. The van der Waals surface area contributed by atoms with Crippen LogP contribution in [0.3, 0.4) is 0 Å². The number of halogens is 2. The molecule has 0 bridgehead atoms. The van der Waals surface area contributed by atoms with Crippen LogP contribution < -0.4 is 5.32 Å². The van der Waals surface area contributed by atoms with Gasteiger partial charge in [0.15, 0.2) is 0 Å². The largest absolute Gasteiger partial charge is 0.375 e. The molecule has 1 aromatic carbocycles. The van der Waals surface area contributed by atoms with Gasteiger partial charge in [0.1, 0.15) is 5.82 Å². The molecular weight excluding hydrogens is 295 g/mol. The van der Waals surface area contributed by atoms with E-state index in [0.717, 1.165) is 13.1 Å². The van der Waals surface area contributed by atoms with Gasteiger partial charge in [-0.2, -0.15) is 0 Å². The molecule has 2 atom stereocenters. The molecule has 21 heavy (non-hydrogen) atoms. The maximum absolute atomic E-state index is 13.7. The van der Waals surface area contributed by atoms with Crippen molar-refractivity contribution < 1.29 is 13.9 Å². The van der Waals surface area contributed by atoms with E-state index in [1.54, 1.807) is 6.07 Å². The molecule has 1 saturated heterocycles. The van der Waals surface area contributed by atoms with Crippen molar-refractivity contribution >= 4 is 17.5 Å². The first-order valence-electron chi connectivity index (χ1n) is 7.03. The number of hydrogen-bond donors (Lipinski definition) is 1. The molecule has 0 radical (unpaired) electrons. The van der Waals surface area contributed by atoms with E-state index in [1.807, 2.05) is 14.0 Å². The van der Waals surface area contributed by atoms with Crippen molar-refractivity contribution in [2.75, 3.05) is 26.7 Å². The summed E-state index contributed by atoms with van der Waals surface area (Å²) in [6.07, 6.45) is -0.0927. The number of hydrogen-bond acceptors (Lipinski definition) is 3. The predicted molar refractivity (Wildman–Crippen MR) is 80.0 cm³/mol. The molecule has 4 nitrogen and oxygen atoms in total. The number of likely N-dealkylation sites (tertiary alicyclic amines) is 1. The van der Waals surface area contributed by atoms with E-state index in [9.17, 15) is 9.18 Å². The van der Waals surface area contributed by atoms with Gasteiger partial charge in [0, 0.05) is 30.3 Å². The van der Waals surface area contributed by atoms with Gasteiger partial charge in [-0.05, 0) is 26.1 Å². The zero-order valence-electron chi connectivity index (χ0n) is 12.2. The molecule has 0 unspecified atom stereocenters. The van der Waals surface area contributed by atoms with Crippen molar-refractivity contribution in [1.82, 2.24) is 10.2 Å². The second-order valence-electron chi connectivity index (χ2n) is 5.27. The maximum atomic E-state index is 13.7. The number of rotatable bonds is 5. The topological polar surface area (TPSA) is 41.6 Å². The average molecular weight is 315 g/mol. The molecule has 1 N–H and O–H groups in total. The molecule has 1 aliphatic heterocycles. The molecule has 1 aromatic rings. The second-order valence-corrected chi connectivity index (χ2v) is 5.67. The Labute approximate surface area is 129 Å². The number of carbonyl (C=O) groups is 1. The lowest BCUT2D eigenvalue weighted by Crippen LogP contribution is -2.44. The van der Waals surface area contributed by atoms with Crippen LogP contribution in [0.15, 0.2) is 18.2 Å². The lowest BCUT2D eigenvalue weighted by Gasteiger charge is -2.20. The molecule has 1 heterocycles. The molecule has 1 aliphatic rings. The predicted octanol–water partition coefficient (Wildman–Crippen LogP) is 1.86. The molecule has 116 valence electrons. The van der Waals surface area contributed by atoms with E-state index in [0.29, 0.717) is 6.61 Å². The SMILES string of the molecule is CCO[C@H]1CN(C)C[C@@H]1NC(=O)Cc1c(F)cccc1Cl. The quantitative estimate of drug-likeness (QED) is 0.902. The molecule has 0 saturated carbocycles. The van der Waals surface area contributed by atoms with Crippen LogP contribution in [0.2, 0.25) is 5.02 Å². The summed E-state index contributed by atoms with van der Waals surface area (Å²) in [6.45, 7) is 4.03. The van der Waals surface area contributed by atoms with E-state index in [1.165, 1.54) is 12.1 Å². The Hall–Kier alpha value is -1.17. The Kier molecular flexibility index (Phi) is 5.56. The Morgan fingerprint density at radius 2 is 2.29 bits per heavy atom. The Morgan fingerprint density at radius 1 is 1.52 bits per heavy atom. The molecule has 6 heteroatoms. The average Bonchev–Trinajstić information content (AvgIpc) is 2.74. The first kappa shape index (κ1) is 16.2. The number of nitrogens with one attached hydrogen (secondary N) is 1. The zero-order chi connectivity index (χ0) is 15.4.